The van der Waals surface area contributed by atoms with Crippen LogP contribution in [0, 0.1) is 0 Å². The zero-order valence-corrected chi connectivity index (χ0v) is 31.3. The minimum Gasteiger partial charge on any atom is -0.489 e. The minimum atomic E-state index is -1.00. The van der Waals surface area contributed by atoms with Crippen molar-refractivity contribution in [1.82, 2.24) is 34.6 Å². The van der Waals surface area contributed by atoms with Gasteiger partial charge in [0, 0.05) is 68.8 Å². The molecule has 9 rings (SSSR count). The number of hydrogen-bond acceptors (Lipinski definition) is 11. The maximum absolute atomic E-state index is 13.9. The molecule has 0 radical (unpaired) electrons. The predicted molar refractivity (Wildman–Crippen MR) is 201 cm³/mol. The Morgan fingerprint density at radius 3 is 2.48 bits per heavy atom. The van der Waals surface area contributed by atoms with Crippen LogP contribution < -0.4 is 20.3 Å². The van der Waals surface area contributed by atoms with Gasteiger partial charge in [-0.1, -0.05) is 0 Å². The third-order valence-electron chi connectivity index (χ3n) is 11.7. The number of nitrogens with zero attached hydrogens (tertiary/aromatic N) is 7. The lowest BCUT2D eigenvalue weighted by Gasteiger charge is -2.57. The van der Waals surface area contributed by atoms with Crippen LogP contribution in [0.5, 0.6) is 5.75 Å². The fourth-order valence-electron chi connectivity index (χ4n) is 8.82. The summed E-state index contributed by atoms with van der Waals surface area (Å²) in [7, 11) is 0. The molecular formula is C40H41N9O7. The summed E-state index contributed by atoms with van der Waals surface area (Å²) in [6.45, 7) is 9.52. The molecule has 0 bridgehead atoms. The Morgan fingerprint density at radius 2 is 1.73 bits per heavy atom. The highest BCUT2D eigenvalue weighted by atomic mass is 16.5. The number of anilines is 2. The summed E-state index contributed by atoms with van der Waals surface area (Å²) in [4.78, 5) is 89.8. The number of fused-ring (bicyclic) bond motifs is 3. The Hall–Kier alpha value is -6.16. The van der Waals surface area contributed by atoms with E-state index in [4.69, 9.17) is 4.74 Å². The molecule has 16 heteroatoms. The van der Waals surface area contributed by atoms with Gasteiger partial charge in [-0.25, -0.2) is 9.50 Å². The molecule has 5 aliphatic rings. The first kappa shape index (κ1) is 35.5. The van der Waals surface area contributed by atoms with Crippen molar-refractivity contribution in [3.05, 3.63) is 82.8 Å². The van der Waals surface area contributed by atoms with Crippen molar-refractivity contribution in [2.24, 2.45) is 0 Å². The number of carbonyl (C=O) groups excluding carboxylic acids is 6. The Bertz CT molecular complexity index is 2360. The average Bonchev–Trinajstić information content (AvgIpc) is 3.81. The molecule has 5 aliphatic heterocycles. The van der Waals surface area contributed by atoms with Crippen LogP contribution in [0.2, 0.25) is 0 Å². The first-order valence-corrected chi connectivity index (χ1v) is 19.0. The number of rotatable bonds is 8. The van der Waals surface area contributed by atoms with Crippen molar-refractivity contribution in [1.29, 1.82) is 0 Å². The lowest BCUT2D eigenvalue weighted by molar-refractivity contribution is -0.136. The number of piperidine rings is 2. The summed E-state index contributed by atoms with van der Waals surface area (Å²) in [5.41, 5.74) is 3.90. The standard InChI is InChI=1S/C40H41N9O7/c1-22(2)56-32-17-27-23(15-30(32)43-35(51)29-18-42-48-12-4-11-41-34(29)48)19-47(37(27)53)24-9-13-46(14-10-24)40(3)20-45(21-40)25-5-6-26-28(16-25)39(55)49(38(26)54)31-7-8-33(50)44-36(31)52/h4-6,11-12,15-18,22,24,31H,7-10,13-14,19-21H2,1-3H3,(H,43,51)(H,44,50,52). The molecule has 1 atom stereocenters. The number of benzene rings is 2. The average molecular weight is 760 g/mol. The third-order valence-corrected chi connectivity index (χ3v) is 11.7. The molecule has 2 aromatic carbocycles. The highest BCUT2D eigenvalue weighted by Gasteiger charge is 2.48. The molecule has 0 spiro atoms. The van der Waals surface area contributed by atoms with E-state index in [1.165, 1.54) is 10.7 Å². The van der Waals surface area contributed by atoms with E-state index in [1.54, 1.807) is 36.7 Å². The molecule has 2 N–H and O–H groups in total. The SMILES string of the molecule is CC(C)Oc1cc2c(cc1NC(=O)c1cnn3cccnc13)CN(C1CCN(C3(C)CN(c4ccc5c(c4)C(=O)N(C4CCC(=O)NC4=O)C5=O)C3)CC1)C2=O. The molecule has 288 valence electrons. The van der Waals surface area contributed by atoms with Crippen LogP contribution in [0.4, 0.5) is 11.4 Å². The second-order valence-electron chi connectivity index (χ2n) is 15.8. The van der Waals surface area contributed by atoms with E-state index in [9.17, 15) is 28.8 Å². The van der Waals surface area contributed by atoms with Crippen LogP contribution in [0.1, 0.15) is 93.4 Å². The van der Waals surface area contributed by atoms with E-state index in [-0.39, 0.29) is 53.5 Å². The number of aromatic nitrogens is 3. The van der Waals surface area contributed by atoms with Gasteiger partial charge in [-0.3, -0.25) is 43.9 Å². The van der Waals surface area contributed by atoms with E-state index in [2.05, 4.69) is 37.4 Å². The first-order valence-electron chi connectivity index (χ1n) is 19.0. The molecule has 2 aromatic heterocycles. The van der Waals surface area contributed by atoms with Gasteiger partial charge in [0.15, 0.2) is 5.65 Å². The van der Waals surface area contributed by atoms with Gasteiger partial charge in [0.2, 0.25) is 11.8 Å². The number of likely N-dealkylation sites (tertiary alicyclic amines) is 1. The largest absolute Gasteiger partial charge is 0.489 e. The summed E-state index contributed by atoms with van der Waals surface area (Å²) < 4.78 is 7.63. The van der Waals surface area contributed by atoms with Gasteiger partial charge in [-0.15, -0.1) is 0 Å². The number of imide groups is 2. The van der Waals surface area contributed by atoms with Crippen LogP contribution >= 0.6 is 0 Å². The molecule has 3 saturated heterocycles. The topological polar surface area (TPSA) is 179 Å². The third kappa shape index (κ3) is 5.86. The highest BCUT2D eigenvalue weighted by Crippen LogP contribution is 2.40. The first-order chi connectivity index (χ1) is 26.9. The zero-order chi connectivity index (χ0) is 39.0. The van der Waals surface area contributed by atoms with Crippen molar-refractivity contribution in [3.63, 3.8) is 0 Å². The summed E-state index contributed by atoms with van der Waals surface area (Å²) in [5, 5.41) is 9.44. The van der Waals surface area contributed by atoms with Crippen LogP contribution in [0.25, 0.3) is 5.65 Å². The van der Waals surface area contributed by atoms with Crippen molar-refractivity contribution in [2.45, 2.75) is 76.7 Å². The van der Waals surface area contributed by atoms with Crippen molar-refractivity contribution in [3.8, 4) is 5.75 Å². The molecule has 6 amide bonds. The molecule has 4 aromatic rings. The fraction of sp³-hybridized carbons (Fsp3) is 0.400. The van der Waals surface area contributed by atoms with Crippen molar-refractivity contribution in [2.75, 3.05) is 36.4 Å². The van der Waals surface area contributed by atoms with E-state index >= 15 is 0 Å². The highest BCUT2D eigenvalue weighted by molar-refractivity contribution is 6.23. The molecule has 3 fully saturated rings. The lowest BCUT2D eigenvalue weighted by atomic mass is 9.86. The molecule has 0 aliphatic carbocycles. The number of ether oxygens (including phenoxy) is 1. The van der Waals surface area contributed by atoms with Gasteiger partial charge in [0.1, 0.15) is 17.4 Å². The van der Waals surface area contributed by atoms with Crippen LogP contribution in [0.3, 0.4) is 0 Å². The maximum Gasteiger partial charge on any atom is 0.262 e. The second-order valence-corrected chi connectivity index (χ2v) is 15.8. The van der Waals surface area contributed by atoms with E-state index in [0.717, 1.165) is 55.2 Å². The molecule has 1 unspecified atom stereocenters. The maximum atomic E-state index is 13.9. The number of nitrogens with one attached hydrogen (secondary N) is 2. The predicted octanol–water partition coefficient (Wildman–Crippen LogP) is 2.87. The van der Waals surface area contributed by atoms with E-state index in [1.807, 2.05) is 30.9 Å². The summed E-state index contributed by atoms with van der Waals surface area (Å²) in [5.74, 6) is -2.06. The smallest absolute Gasteiger partial charge is 0.262 e. The minimum absolute atomic E-state index is 0.0430. The monoisotopic (exact) mass is 759 g/mol. The second kappa shape index (κ2) is 13.3. The van der Waals surface area contributed by atoms with Crippen LogP contribution in [-0.2, 0) is 16.1 Å². The van der Waals surface area contributed by atoms with Gasteiger partial charge in [-0.05, 0) is 82.0 Å². The van der Waals surface area contributed by atoms with Gasteiger partial charge in [0.25, 0.3) is 23.6 Å². The Balaban J connectivity index is 0.836. The van der Waals surface area contributed by atoms with Crippen LogP contribution in [0.15, 0.2) is 55.0 Å². The lowest BCUT2D eigenvalue weighted by Crippen LogP contribution is -2.70. The number of carbonyl (C=O) groups is 6. The molecule has 16 nitrogen and oxygen atoms in total. The van der Waals surface area contributed by atoms with Gasteiger partial charge in [0.05, 0.1) is 34.7 Å². The number of hydrogen-bond donors (Lipinski definition) is 2. The quantitative estimate of drug-likeness (QED) is 0.253. The van der Waals surface area contributed by atoms with Gasteiger partial charge in [-0.2, -0.15) is 5.10 Å². The van der Waals surface area contributed by atoms with E-state index < -0.39 is 29.7 Å². The van der Waals surface area contributed by atoms with Gasteiger partial charge < -0.3 is 19.9 Å². The van der Waals surface area contributed by atoms with E-state index in [0.29, 0.717) is 34.8 Å². The fourth-order valence-corrected chi connectivity index (χ4v) is 8.82. The Morgan fingerprint density at radius 1 is 0.964 bits per heavy atom. The van der Waals surface area contributed by atoms with Gasteiger partial charge >= 0.3 is 0 Å². The number of amides is 6. The Kier molecular flexibility index (Phi) is 8.41. The summed E-state index contributed by atoms with van der Waals surface area (Å²) in [6.07, 6.45) is 6.42. The van der Waals surface area contributed by atoms with Crippen molar-refractivity contribution < 1.29 is 33.5 Å². The Labute approximate surface area is 321 Å². The van der Waals surface area contributed by atoms with Crippen LogP contribution in [-0.4, -0.2) is 115 Å². The molecule has 7 heterocycles. The normalized spacial score (nSPS) is 21.1. The summed E-state index contributed by atoms with van der Waals surface area (Å²) in [6, 6.07) is 9.60. The zero-order valence-electron chi connectivity index (χ0n) is 31.3. The summed E-state index contributed by atoms with van der Waals surface area (Å²) >= 11 is 0. The molecule has 56 heavy (non-hydrogen) atoms. The molecular weight excluding hydrogens is 718 g/mol. The van der Waals surface area contributed by atoms with Crippen molar-refractivity contribution >= 4 is 52.5 Å². The molecule has 0 saturated carbocycles.